The first kappa shape index (κ1) is 12.0. The van der Waals surface area contributed by atoms with Crippen LogP contribution in [0.4, 0.5) is 5.69 Å². The highest BCUT2D eigenvalue weighted by atomic mass is 32.2. The van der Waals surface area contributed by atoms with E-state index in [2.05, 4.69) is 5.10 Å². The maximum absolute atomic E-state index is 12.0. The number of benzene rings is 2. The zero-order valence-corrected chi connectivity index (χ0v) is 11.0. The molecule has 3 nitrogen and oxygen atoms in total. The second-order valence-corrected chi connectivity index (χ2v) is 5.06. The Labute approximate surface area is 115 Å². The van der Waals surface area contributed by atoms with E-state index in [0.717, 1.165) is 16.3 Å². The predicted molar refractivity (Wildman–Crippen MR) is 79.4 cm³/mol. The van der Waals surface area contributed by atoms with E-state index in [0.29, 0.717) is 5.75 Å². The van der Waals surface area contributed by atoms with Gasteiger partial charge in [-0.1, -0.05) is 60.3 Å². The van der Waals surface area contributed by atoms with Crippen LogP contribution in [-0.2, 0) is 4.79 Å². The van der Waals surface area contributed by atoms with Crippen molar-refractivity contribution in [1.82, 2.24) is 0 Å². The predicted octanol–water partition coefficient (Wildman–Crippen LogP) is 3.13. The van der Waals surface area contributed by atoms with Gasteiger partial charge in [0.25, 0.3) is 5.91 Å². The van der Waals surface area contributed by atoms with Crippen molar-refractivity contribution >= 4 is 28.4 Å². The van der Waals surface area contributed by atoms with Crippen molar-refractivity contribution in [2.75, 3.05) is 10.8 Å². The van der Waals surface area contributed by atoms with Crippen LogP contribution in [0, 0.1) is 0 Å². The number of anilines is 1. The normalized spacial score (nSPS) is 15.3. The van der Waals surface area contributed by atoms with Crippen LogP contribution in [0.1, 0.15) is 5.56 Å². The number of thioether (sulfide) groups is 1. The van der Waals surface area contributed by atoms with Gasteiger partial charge in [0.15, 0.2) is 0 Å². The molecule has 0 atom stereocenters. The van der Waals surface area contributed by atoms with Crippen LogP contribution in [0.3, 0.4) is 0 Å². The third-order valence-electron chi connectivity index (χ3n) is 2.78. The molecule has 1 aliphatic heterocycles. The van der Waals surface area contributed by atoms with Crippen LogP contribution in [0.2, 0.25) is 0 Å². The maximum Gasteiger partial charge on any atom is 0.257 e. The summed E-state index contributed by atoms with van der Waals surface area (Å²) in [7, 11) is 0. The van der Waals surface area contributed by atoms with E-state index < -0.39 is 0 Å². The zero-order chi connectivity index (χ0) is 13.1. The third kappa shape index (κ3) is 2.53. The Balaban J connectivity index is 1.98. The van der Waals surface area contributed by atoms with E-state index in [1.807, 2.05) is 60.7 Å². The van der Waals surface area contributed by atoms with Gasteiger partial charge in [0.05, 0.1) is 11.4 Å². The van der Waals surface area contributed by atoms with Crippen LogP contribution in [0.5, 0.6) is 0 Å². The summed E-state index contributed by atoms with van der Waals surface area (Å²) < 4.78 is 0. The summed E-state index contributed by atoms with van der Waals surface area (Å²) in [5, 5.41) is 6.83. The molecule has 19 heavy (non-hydrogen) atoms. The molecule has 0 unspecified atom stereocenters. The number of hydrogen-bond acceptors (Lipinski definition) is 3. The smallest absolute Gasteiger partial charge is 0.257 e. The summed E-state index contributed by atoms with van der Waals surface area (Å²) >= 11 is 1.48. The molecule has 1 aliphatic rings. The number of carbonyl (C=O) groups is 1. The van der Waals surface area contributed by atoms with Crippen LogP contribution in [0.15, 0.2) is 65.8 Å². The lowest BCUT2D eigenvalue weighted by Gasteiger charge is -2.23. The Morgan fingerprint density at radius 3 is 2.26 bits per heavy atom. The summed E-state index contributed by atoms with van der Waals surface area (Å²) in [6.45, 7) is 0. The number of hydrazone groups is 1. The lowest BCUT2D eigenvalue weighted by atomic mass is 10.2. The minimum absolute atomic E-state index is 0.0101. The molecule has 0 saturated heterocycles. The van der Waals surface area contributed by atoms with Crippen molar-refractivity contribution in [3.8, 4) is 0 Å². The van der Waals surface area contributed by atoms with Gasteiger partial charge in [-0.2, -0.15) is 10.1 Å². The Bertz CT molecular complexity index is 611. The molecule has 4 heteroatoms. The van der Waals surface area contributed by atoms with Gasteiger partial charge in [-0.3, -0.25) is 4.79 Å². The Hall–Kier alpha value is -2.07. The summed E-state index contributed by atoms with van der Waals surface area (Å²) in [5.41, 5.74) is 1.85. The molecule has 1 amide bonds. The maximum atomic E-state index is 12.0. The Morgan fingerprint density at radius 2 is 1.58 bits per heavy atom. The van der Waals surface area contributed by atoms with Crippen molar-refractivity contribution in [2.24, 2.45) is 5.10 Å². The average Bonchev–Trinajstić information content (AvgIpc) is 2.49. The fourth-order valence-corrected chi connectivity index (χ4v) is 2.68. The minimum atomic E-state index is 0.0101. The van der Waals surface area contributed by atoms with E-state index in [-0.39, 0.29) is 5.91 Å². The van der Waals surface area contributed by atoms with Crippen molar-refractivity contribution in [3.63, 3.8) is 0 Å². The molecule has 0 radical (unpaired) electrons. The highest BCUT2D eigenvalue weighted by Gasteiger charge is 2.22. The Kier molecular flexibility index (Phi) is 3.33. The third-order valence-corrected chi connectivity index (χ3v) is 3.76. The molecule has 2 aromatic carbocycles. The molecule has 94 valence electrons. The number of amides is 1. The fraction of sp³-hybridized carbons (Fsp3) is 0.0667. The molecule has 2 aromatic rings. The lowest BCUT2D eigenvalue weighted by Crippen LogP contribution is -2.32. The molecule has 0 fully saturated rings. The molecule has 3 rings (SSSR count). The van der Waals surface area contributed by atoms with Crippen LogP contribution < -0.4 is 5.01 Å². The van der Waals surface area contributed by atoms with E-state index >= 15 is 0 Å². The van der Waals surface area contributed by atoms with Gasteiger partial charge in [-0.15, -0.1) is 0 Å². The number of hydrogen-bond donors (Lipinski definition) is 0. The van der Waals surface area contributed by atoms with E-state index in [1.54, 1.807) is 0 Å². The highest BCUT2D eigenvalue weighted by molar-refractivity contribution is 8.15. The molecule has 0 bridgehead atoms. The zero-order valence-electron chi connectivity index (χ0n) is 10.2. The molecular weight excluding hydrogens is 256 g/mol. The second kappa shape index (κ2) is 5.28. The van der Waals surface area contributed by atoms with E-state index in [4.69, 9.17) is 0 Å². The molecule has 0 saturated carbocycles. The molecule has 0 N–H and O–H groups in total. The van der Waals surface area contributed by atoms with Gasteiger partial charge < -0.3 is 0 Å². The van der Waals surface area contributed by atoms with Gasteiger partial charge >= 0.3 is 0 Å². The number of nitrogens with zero attached hydrogens (tertiary/aromatic N) is 2. The molecule has 1 heterocycles. The Morgan fingerprint density at radius 1 is 0.947 bits per heavy atom. The fourth-order valence-electron chi connectivity index (χ4n) is 1.86. The summed E-state index contributed by atoms with van der Waals surface area (Å²) in [6, 6.07) is 19.4. The van der Waals surface area contributed by atoms with Gasteiger partial charge in [0, 0.05) is 5.56 Å². The summed E-state index contributed by atoms with van der Waals surface area (Å²) in [6.07, 6.45) is 0. The van der Waals surface area contributed by atoms with Gasteiger partial charge in [0.1, 0.15) is 5.04 Å². The molecule has 0 aromatic heterocycles. The van der Waals surface area contributed by atoms with Crippen LogP contribution in [0.25, 0.3) is 0 Å². The quantitative estimate of drug-likeness (QED) is 0.838. The lowest BCUT2D eigenvalue weighted by molar-refractivity contribution is -0.116. The first-order chi connectivity index (χ1) is 9.34. The largest absolute Gasteiger partial charge is 0.272 e. The summed E-state index contributed by atoms with van der Waals surface area (Å²) in [5.74, 6) is 0.429. The van der Waals surface area contributed by atoms with Crippen LogP contribution in [-0.4, -0.2) is 16.7 Å². The monoisotopic (exact) mass is 268 g/mol. The van der Waals surface area contributed by atoms with Gasteiger partial charge in [-0.25, -0.2) is 0 Å². The minimum Gasteiger partial charge on any atom is -0.272 e. The van der Waals surface area contributed by atoms with E-state index in [9.17, 15) is 4.79 Å². The number of rotatable bonds is 2. The molecule has 0 aliphatic carbocycles. The molecular formula is C15H12N2OS. The summed E-state index contributed by atoms with van der Waals surface area (Å²) in [4.78, 5) is 12.0. The topological polar surface area (TPSA) is 32.7 Å². The van der Waals surface area contributed by atoms with Gasteiger partial charge in [0.2, 0.25) is 0 Å². The van der Waals surface area contributed by atoms with Crippen molar-refractivity contribution in [2.45, 2.75) is 0 Å². The second-order valence-electron chi connectivity index (χ2n) is 4.10. The molecule has 0 spiro atoms. The first-order valence-corrected chi connectivity index (χ1v) is 6.98. The average molecular weight is 268 g/mol. The van der Waals surface area contributed by atoms with E-state index in [1.165, 1.54) is 16.8 Å². The van der Waals surface area contributed by atoms with Crippen molar-refractivity contribution < 1.29 is 4.79 Å². The van der Waals surface area contributed by atoms with Gasteiger partial charge in [-0.05, 0) is 12.1 Å². The first-order valence-electron chi connectivity index (χ1n) is 5.99. The standard InChI is InChI=1S/C15H12N2OS/c18-14-11-19-15(12-7-3-1-4-8-12)16-17(14)13-9-5-2-6-10-13/h1-10H,11H2. The number of carbonyl (C=O) groups excluding carboxylic acids is 1. The number of para-hydroxylation sites is 1. The SMILES string of the molecule is O=C1CSC(c2ccccc2)=NN1c1ccccc1. The van der Waals surface area contributed by atoms with Crippen molar-refractivity contribution in [1.29, 1.82) is 0 Å². The highest BCUT2D eigenvalue weighted by Crippen LogP contribution is 2.24. The van der Waals surface area contributed by atoms with Crippen molar-refractivity contribution in [3.05, 3.63) is 66.2 Å². The van der Waals surface area contributed by atoms with Crippen LogP contribution >= 0.6 is 11.8 Å².